The minimum atomic E-state index is -5.84. The zero-order valence-electron chi connectivity index (χ0n) is 10.4. The highest BCUT2D eigenvalue weighted by Crippen LogP contribution is 2.30. The van der Waals surface area contributed by atoms with Crippen molar-refractivity contribution in [2.24, 2.45) is 0 Å². The van der Waals surface area contributed by atoms with Crippen LogP contribution < -0.4 is 9.50 Å². The summed E-state index contributed by atoms with van der Waals surface area (Å²) in [4.78, 5) is 11.6. The second-order valence-electron chi connectivity index (χ2n) is 3.79. The third-order valence-corrected chi connectivity index (χ3v) is 3.42. The van der Waals surface area contributed by atoms with Gasteiger partial charge in [0, 0.05) is 13.2 Å². The van der Waals surface area contributed by atoms with Gasteiger partial charge in [-0.2, -0.15) is 26.7 Å². The summed E-state index contributed by atoms with van der Waals surface area (Å²) in [7, 11) is -4.53. The van der Waals surface area contributed by atoms with E-state index in [0.717, 1.165) is 16.8 Å². The Hall–Kier alpha value is -2.30. The summed E-state index contributed by atoms with van der Waals surface area (Å²) in [6.45, 7) is 0. The SMILES string of the molecule is CNC(=O)c1cnn2cccc(OS(=O)(=O)C(F)(F)F)c12. The van der Waals surface area contributed by atoms with Gasteiger partial charge >= 0.3 is 15.6 Å². The molecule has 7 nitrogen and oxygen atoms in total. The van der Waals surface area contributed by atoms with Crippen molar-refractivity contribution in [2.45, 2.75) is 5.51 Å². The lowest BCUT2D eigenvalue weighted by molar-refractivity contribution is -0.0499. The number of hydrogen-bond acceptors (Lipinski definition) is 5. The number of amides is 1. The molecule has 0 saturated heterocycles. The van der Waals surface area contributed by atoms with Crippen molar-refractivity contribution in [1.29, 1.82) is 0 Å². The number of fused-ring (bicyclic) bond motifs is 1. The van der Waals surface area contributed by atoms with E-state index in [-0.39, 0.29) is 11.1 Å². The van der Waals surface area contributed by atoms with E-state index in [1.165, 1.54) is 19.3 Å². The molecular weight excluding hydrogens is 315 g/mol. The number of aromatic nitrogens is 2. The van der Waals surface area contributed by atoms with Gasteiger partial charge in [-0.3, -0.25) is 4.79 Å². The Morgan fingerprint density at radius 3 is 2.67 bits per heavy atom. The predicted octanol–water partition coefficient (Wildman–Crippen LogP) is 0.922. The Morgan fingerprint density at radius 1 is 1.43 bits per heavy atom. The molecule has 0 unspecified atom stereocenters. The normalized spacial score (nSPS) is 12.4. The van der Waals surface area contributed by atoms with Gasteiger partial charge in [-0.05, 0) is 12.1 Å². The van der Waals surface area contributed by atoms with Gasteiger partial charge < -0.3 is 9.50 Å². The number of alkyl halides is 3. The van der Waals surface area contributed by atoms with Crippen molar-refractivity contribution >= 4 is 21.5 Å². The van der Waals surface area contributed by atoms with E-state index in [0.29, 0.717) is 0 Å². The minimum absolute atomic E-state index is 0.120. The van der Waals surface area contributed by atoms with E-state index in [2.05, 4.69) is 14.6 Å². The number of nitrogens with one attached hydrogen (secondary N) is 1. The maximum Gasteiger partial charge on any atom is 0.534 e. The van der Waals surface area contributed by atoms with Gasteiger partial charge in [0.15, 0.2) is 5.75 Å². The molecule has 0 aliphatic carbocycles. The largest absolute Gasteiger partial charge is 0.534 e. The summed E-state index contributed by atoms with van der Waals surface area (Å²) in [5.41, 5.74) is -5.89. The first-order valence-corrected chi connectivity index (χ1v) is 6.77. The Bertz CT molecular complexity index is 797. The van der Waals surface area contributed by atoms with Crippen LogP contribution in [0.5, 0.6) is 5.75 Å². The van der Waals surface area contributed by atoms with Gasteiger partial charge in [-0.25, -0.2) is 4.52 Å². The van der Waals surface area contributed by atoms with Crippen LogP contribution in [0.2, 0.25) is 0 Å². The summed E-state index contributed by atoms with van der Waals surface area (Å²) >= 11 is 0. The molecule has 11 heteroatoms. The fourth-order valence-corrected chi connectivity index (χ4v) is 2.01. The van der Waals surface area contributed by atoms with Gasteiger partial charge in [0.1, 0.15) is 5.52 Å². The molecule has 0 aliphatic heterocycles. The number of halogens is 3. The van der Waals surface area contributed by atoms with E-state index in [1.54, 1.807) is 0 Å². The number of pyridine rings is 1. The van der Waals surface area contributed by atoms with Crippen LogP contribution in [0.4, 0.5) is 13.2 Å². The quantitative estimate of drug-likeness (QED) is 0.670. The van der Waals surface area contributed by atoms with Gasteiger partial charge in [-0.1, -0.05) is 0 Å². The fraction of sp³-hybridized carbons (Fsp3) is 0.200. The van der Waals surface area contributed by atoms with Crippen molar-refractivity contribution in [3.05, 3.63) is 30.1 Å². The van der Waals surface area contributed by atoms with Crippen molar-refractivity contribution in [3.63, 3.8) is 0 Å². The minimum Gasteiger partial charge on any atom is -0.374 e. The molecule has 0 aliphatic rings. The standard InChI is InChI=1S/C10H8F3N3O4S/c1-14-9(17)6-5-15-16-4-2-3-7(8(6)16)20-21(18,19)10(11,12)13/h2-5H,1H3,(H,14,17). The van der Waals surface area contributed by atoms with Gasteiger partial charge in [0.05, 0.1) is 11.8 Å². The van der Waals surface area contributed by atoms with Crippen LogP contribution in [0.1, 0.15) is 10.4 Å². The molecular formula is C10H8F3N3O4S. The third-order valence-electron chi connectivity index (χ3n) is 2.46. The zero-order chi connectivity index (χ0) is 15.8. The number of rotatable bonds is 3. The summed E-state index contributed by atoms with van der Waals surface area (Å²) in [6.07, 6.45) is 2.41. The third kappa shape index (κ3) is 2.63. The van der Waals surface area contributed by atoms with E-state index in [1.807, 2.05) is 0 Å². The lowest BCUT2D eigenvalue weighted by Crippen LogP contribution is -2.28. The summed E-state index contributed by atoms with van der Waals surface area (Å²) < 4.78 is 64.3. The Morgan fingerprint density at radius 2 is 2.10 bits per heavy atom. The lowest BCUT2D eigenvalue weighted by atomic mass is 10.2. The first-order chi connectivity index (χ1) is 9.67. The van der Waals surface area contributed by atoms with Gasteiger partial charge in [0.25, 0.3) is 5.91 Å². The molecule has 0 bridgehead atoms. The van der Waals surface area contributed by atoms with Crippen LogP contribution in [-0.2, 0) is 10.1 Å². The molecule has 1 amide bonds. The molecule has 2 aromatic rings. The molecule has 21 heavy (non-hydrogen) atoms. The highest BCUT2D eigenvalue weighted by molar-refractivity contribution is 7.88. The molecule has 2 rings (SSSR count). The maximum absolute atomic E-state index is 12.4. The molecule has 0 saturated carbocycles. The number of carbonyl (C=O) groups is 1. The molecule has 0 spiro atoms. The van der Waals surface area contributed by atoms with Gasteiger partial charge in [0.2, 0.25) is 0 Å². The maximum atomic E-state index is 12.4. The monoisotopic (exact) mass is 323 g/mol. The number of hydrogen-bond donors (Lipinski definition) is 1. The van der Waals surface area contributed by atoms with E-state index < -0.39 is 27.3 Å². The molecule has 0 atom stereocenters. The van der Waals surface area contributed by atoms with E-state index >= 15 is 0 Å². The summed E-state index contributed by atoms with van der Waals surface area (Å²) in [6, 6.07) is 2.22. The lowest BCUT2D eigenvalue weighted by Gasteiger charge is -2.10. The fourth-order valence-electron chi connectivity index (χ4n) is 1.55. The predicted molar refractivity (Wildman–Crippen MR) is 64.2 cm³/mol. The molecule has 114 valence electrons. The highest BCUT2D eigenvalue weighted by atomic mass is 32.2. The van der Waals surface area contributed by atoms with Crippen molar-refractivity contribution in [1.82, 2.24) is 14.9 Å². The topological polar surface area (TPSA) is 89.8 Å². The van der Waals surface area contributed by atoms with Crippen LogP contribution in [0.3, 0.4) is 0 Å². The Balaban J connectivity index is 2.60. The number of nitrogens with zero attached hydrogens (tertiary/aromatic N) is 2. The first kappa shape index (κ1) is 15.1. The molecule has 0 aromatic carbocycles. The molecule has 0 radical (unpaired) electrons. The average Bonchev–Trinajstić information content (AvgIpc) is 2.81. The molecule has 2 heterocycles. The zero-order valence-corrected chi connectivity index (χ0v) is 11.2. The average molecular weight is 323 g/mol. The highest BCUT2D eigenvalue weighted by Gasteiger charge is 2.48. The Labute approximate surface area is 116 Å². The first-order valence-electron chi connectivity index (χ1n) is 5.36. The van der Waals surface area contributed by atoms with E-state index in [4.69, 9.17) is 0 Å². The second-order valence-corrected chi connectivity index (χ2v) is 5.32. The van der Waals surface area contributed by atoms with Crippen LogP contribution in [0, 0.1) is 0 Å². The van der Waals surface area contributed by atoms with Crippen LogP contribution >= 0.6 is 0 Å². The second kappa shape index (κ2) is 4.91. The van der Waals surface area contributed by atoms with Gasteiger partial charge in [-0.15, -0.1) is 0 Å². The van der Waals surface area contributed by atoms with Crippen molar-refractivity contribution in [3.8, 4) is 5.75 Å². The number of carbonyl (C=O) groups excluding carboxylic acids is 1. The Kier molecular flexibility index (Phi) is 3.53. The van der Waals surface area contributed by atoms with Crippen LogP contribution in [0.15, 0.2) is 24.5 Å². The molecule has 1 N–H and O–H groups in total. The van der Waals surface area contributed by atoms with Crippen molar-refractivity contribution < 1.29 is 30.6 Å². The smallest absolute Gasteiger partial charge is 0.374 e. The van der Waals surface area contributed by atoms with Crippen LogP contribution in [-0.4, -0.2) is 36.5 Å². The molecule has 0 fully saturated rings. The summed E-state index contributed by atoms with van der Waals surface area (Å²) in [5.74, 6) is -1.30. The molecule has 2 aromatic heterocycles. The van der Waals surface area contributed by atoms with Crippen molar-refractivity contribution in [2.75, 3.05) is 7.05 Å². The van der Waals surface area contributed by atoms with Crippen LogP contribution in [0.25, 0.3) is 5.52 Å². The summed E-state index contributed by atoms with van der Waals surface area (Å²) in [5, 5.41) is 6.00. The van der Waals surface area contributed by atoms with E-state index in [9.17, 15) is 26.4 Å².